The highest BCUT2D eigenvalue weighted by molar-refractivity contribution is 9.10. The summed E-state index contributed by atoms with van der Waals surface area (Å²) in [5.74, 6) is 2.08. The van der Waals surface area contributed by atoms with E-state index < -0.39 is 0 Å². The lowest BCUT2D eigenvalue weighted by Gasteiger charge is -2.10. The van der Waals surface area contributed by atoms with Gasteiger partial charge in [-0.15, -0.1) is 21.8 Å². The van der Waals surface area contributed by atoms with Gasteiger partial charge in [-0.05, 0) is 34.8 Å². The van der Waals surface area contributed by atoms with Crippen molar-refractivity contribution >= 4 is 27.5 Å². The van der Waals surface area contributed by atoms with Crippen molar-refractivity contribution in [3.63, 3.8) is 0 Å². The average molecular weight is 329 g/mol. The summed E-state index contributed by atoms with van der Waals surface area (Å²) in [5.41, 5.74) is 2.25. The molecule has 0 N–H and O–H groups in total. The minimum absolute atomic E-state index is 0.385. The smallest absolute Gasteiger partial charge is 0.165 e. The zero-order valence-electron chi connectivity index (χ0n) is 10.5. The summed E-state index contributed by atoms with van der Waals surface area (Å²) >= 11 is 9.52. The largest absolute Gasteiger partial charge is 0.310 e. The predicted octanol–water partition coefficient (Wildman–Crippen LogP) is 4.16. The van der Waals surface area contributed by atoms with Crippen LogP contribution in [0.2, 0.25) is 0 Å². The van der Waals surface area contributed by atoms with Crippen molar-refractivity contribution in [1.29, 1.82) is 0 Å². The number of benzene rings is 1. The fourth-order valence-electron chi connectivity index (χ4n) is 1.91. The van der Waals surface area contributed by atoms with Crippen LogP contribution in [0, 0.1) is 6.92 Å². The van der Waals surface area contributed by atoms with Gasteiger partial charge in [0.1, 0.15) is 5.82 Å². The zero-order valence-corrected chi connectivity index (χ0v) is 12.8. The first-order valence-electron chi connectivity index (χ1n) is 5.92. The van der Waals surface area contributed by atoms with E-state index in [0.29, 0.717) is 5.88 Å². The SMILES string of the molecule is CCCn1c(CCl)nnc1-c1cccc(C)c1Br. The maximum atomic E-state index is 5.90. The molecule has 0 bridgehead atoms. The van der Waals surface area contributed by atoms with Gasteiger partial charge in [0, 0.05) is 16.6 Å². The van der Waals surface area contributed by atoms with Gasteiger partial charge in [0.05, 0.1) is 5.88 Å². The van der Waals surface area contributed by atoms with Gasteiger partial charge in [-0.25, -0.2) is 0 Å². The van der Waals surface area contributed by atoms with Crippen LogP contribution in [-0.2, 0) is 12.4 Å². The highest BCUT2D eigenvalue weighted by Crippen LogP contribution is 2.30. The topological polar surface area (TPSA) is 30.7 Å². The first-order chi connectivity index (χ1) is 8.69. The third kappa shape index (κ3) is 2.45. The number of halogens is 2. The van der Waals surface area contributed by atoms with Crippen molar-refractivity contribution < 1.29 is 0 Å². The van der Waals surface area contributed by atoms with Gasteiger partial charge in [0.15, 0.2) is 5.82 Å². The molecule has 0 saturated carbocycles. The Morgan fingerprint density at radius 2 is 2.11 bits per heavy atom. The molecule has 1 aromatic heterocycles. The van der Waals surface area contributed by atoms with Gasteiger partial charge in [-0.1, -0.05) is 25.1 Å². The maximum Gasteiger partial charge on any atom is 0.165 e. The standard InChI is InChI=1S/C13H15BrClN3/c1-3-7-18-11(8-15)16-17-13(18)10-6-4-5-9(2)12(10)14/h4-6H,3,7-8H2,1-2H3. The third-order valence-electron chi connectivity index (χ3n) is 2.83. The van der Waals surface area contributed by atoms with Gasteiger partial charge < -0.3 is 4.57 Å². The first-order valence-corrected chi connectivity index (χ1v) is 7.25. The number of rotatable bonds is 4. The van der Waals surface area contributed by atoms with E-state index in [4.69, 9.17) is 11.6 Å². The molecule has 96 valence electrons. The molecule has 1 aromatic carbocycles. The Bertz CT molecular complexity index is 551. The summed E-state index contributed by atoms with van der Waals surface area (Å²) in [6, 6.07) is 6.14. The van der Waals surface area contributed by atoms with Crippen LogP contribution in [0.15, 0.2) is 22.7 Å². The molecule has 0 unspecified atom stereocenters. The quantitative estimate of drug-likeness (QED) is 0.789. The van der Waals surface area contributed by atoms with E-state index >= 15 is 0 Å². The molecule has 2 aromatic rings. The molecule has 1 heterocycles. The number of hydrogen-bond acceptors (Lipinski definition) is 2. The second kappa shape index (κ2) is 5.85. The van der Waals surface area contributed by atoms with Gasteiger partial charge in [0.2, 0.25) is 0 Å². The van der Waals surface area contributed by atoms with Crippen LogP contribution in [0.4, 0.5) is 0 Å². The van der Waals surface area contributed by atoms with Crippen molar-refractivity contribution in [1.82, 2.24) is 14.8 Å². The average Bonchev–Trinajstić information content (AvgIpc) is 2.76. The molecule has 0 aliphatic rings. The van der Waals surface area contributed by atoms with E-state index in [0.717, 1.165) is 34.7 Å². The molecular weight excluding hydrogens is 314 g/mol. The minimum atomic E-state index is 0.385. The Morgan fingerprint density at radius 1 is 1.33 bits per heavy atom. The van der Waals surface area contributed by atoms with Crippen molar-refractivity contribution in [2.24, 2.45) is 0 Å². The molecule has 2 rings (SSSR count). The molecule has 0 aliphatic carbocycles. The number of aryl methyl sites for hydroxylation is 1. The fourth-order valence-corrected chi connectivity index (χ4v) is 2.55. The lowest BCUT2D eigenvalue weighted by atomic mass is 10.1. The molecular formula is C13H15BrClN3. The molecule has 3 nitrogen and oxygen atoms in total. The van der Waals surface area contributed by atoms with Crippen LogP contribution in [-0.4, -0.2) is 14.8 Å². The predicted molar refractivity (Wildman–Crippen MR) is 77.7 cm³/mol. The van der Waals surface area contributed by atoms with Crippen LogP contribution in [0.25, 0.3) is 11.4 Å². The van der Waals surface area contributed by atoms with Crippen molar-refractivity contribution in [2.45, 2.75) is 32.7 Å². The van der Waals surface area contributed by atoms with Gasteiger partial charge in [0.25, 0.3) is 0 Å². The van der Waals surface area contributed by atoms with Gasteiger partial charge in [-0.2, -0.15) is 0 Å². The molecule has 0 atom stereocenters. The Labute approximate surface area is 120 Å². The Morgan fingerprint density at radius 3 is 2.78 bits per heavy atom. The van der Waals surface area contributed by atoms with E-state index in [2.05, 4.69) is 50.6 Å². The molecule has 0 radical (unpaired) electrons. The van der Waals surface area contributed by atoms with Crippen molar-refractivity contribution in [3.8, 4) is 11.4 Å². The summed E-state index contributed by atoms with van der Waals surface area (Å²) in [5, 5.41) is 8.44. The highest BCUT2D eigenvalue weighted by Gasteiger charge is 2.15. The van der Waals surface area contributed by atoms with Crippen LogP contribution in [0.5, 0.6) is 0 Å². The monoisotopic (exact) mass is 327 g/mol. The number of alkyl halides is 1. The zero-order chi connectivity index (χ0) is 13.1. The summed E-state index contributed by atoms with van der Waals surface area (Å²) in [4.78, 5) is 0. The van der Waals surface area contributed by atoms with Crippen LogP contribution in [0.1, 0.15) is 24.7 Å². The lowest BCUT2D eigenvalue weighted by Crippen LogP contribution is -2.04. The van der Waals surface area contributed by atoms with E-state index in [1.165, 1.54) is 5.56 Å². The van der Waals surface area contributed by atoms with Crippen LogP contribution >= 0.6 is 27.5 Å². The van der Waals surface area contributed by atoms with Gasteiger partial charge >= 0.3 is 0 Å². The highest BCUT2D eigenvalue weighted by atomic mass is 79.9. The number of hydrogen-bond donors (Lipinski definition) is 0. The number of aromatic nitrogens is 3. The second-order valence-corrected chi connectivity index (χ2v) is 5.22. The molecule has 0 amide bonds. The summed E-state index contributed by atoms with van der Waals surface area (Å²) < 4.78 is 3.16. The molecule has 0 saturated heterocycles. The van der Waals surface area contributed by atoms with E-state index in [1.54, 1.807) is 0 Å². The van der Waals surface area contributed by atoms with E-state index in [-0.39, 0.29) is 0 Å². The van der Waals surface area contributed by atoms with E-state index in [1.807, 2.05) is 12.1 Å². The Balaban J connectivity index is 2.56. The first kappa shape index (κ1) is 13.6. The van der Waals surface area contributed by atoms with E-state index in [9.17, 15) is 0 Å². The van der Waals surface area contributed by atoms with Gasteiger partial charge in [-0.3, -0.25) is 0 Å². The minimum Gasteiger partial charge on any atom is -0.310 e. The normalized spacial score (nSPS) is 10.9. The summed E-state index contributed by atoms with van der Waals surface area (Å²) in [6.07, 6.45) is 1.03. The molecule has 0 aliphatic heterocycles. The maximum absolute atomic E-state index is 5.90. The molecule has 5 heteroatoms. The second-order valence-electron chi connectivity index (χ2n) is 4.16. The Kier molecular flexibility index (Phi) is 4.40. The van der Waals surface area contributed by atoms with Crippen molar-refractivity contribution in [2.75, 3.05) is 0 Å². The number of nitrogens with zero attached hydrogens (tertiary/aromatic N) is 3. The molecule has 0 fully saturated rings. The van der Waals surface area contributed by atoms with Crippen LogP contribution in [0.3, 0.4) is 0 Å². The molecule has 18 heavy (non-hydrogen) atoms. The summed E-state index contributed by atoms with van der Waals surface area (Å²) in [6.45, 7) is 5.08. The summed E-state index contributed by atoms with van der Waals surface area (Å²) in [7, 11) is 0. The fraction of sp³-hybridized carbons (Fsp3) is 0.385. The lowest BCUT2D eigenvalue weighted by molar-refractivity contribution is 0.659. The third-order valence-corrected chi connectivity index (χ3v) is 4.12. The molecule has 0 spiro atoms. The van der Waals surface area contributed by atoms with Crippen LogP contribution < -0.4 is 0 Å². The van der Waals surface area contributed by atoms with Crippen molar-refractivity contribution in [3.05, 3.63) is 34.1 Å². The Hall–Kier alpha value is -0.870.